The normalized spacial score (nSPS) is 23.5. The van der Waals surface area contributed by atoms with E-state index in [1.54, 1.807) is 6.07 Å². The molecule has 1 saturated heterocycles. The molecule has 1 saturated carbocycles. The Kier molecular flexibility index (Phi) is 6.76. The molecule has 0 bridgehead atoms. The number of nitrogens with one attached hydrogen (secondary N) is 2. The number of ether oxygens (including phenoxy) is 2. The van der Waals surface area contributed by atoms with Crippen molar-refractivity contribution in [2.75, 3.05) is 43.6 Å². The van der Waals surface area contributed by atoms with Gasteiger partial charge in [-0.3, -0.25) is 0 Å². The van der Waals surface area contributed by atoms with Gasteiger partial charge in [0, 0.05) is 50.5 Å². The van der Waals surface area contributed by atoms with Crippen LogP contribution in [0.3, 0.4) is 0 Å². The van der Waals surface area contributed by atoms with E-state index in [9.17, 15) is 8.42 Å². The Morgan fingerprint density at radius 1 is 1.31 bits per heavy atom. The van der Waals surface area contributed by atoms with E-state index in [2.05, 4.69) is 19.4 Å². The summed E-state index contributed by atoms with van der Waals surface area (Å²) in [4.78, 5) is 10.6. The third-order valence-electron chi connectivity index (χ3n) is 4.04. The van der Waals surface area contributed by atoms with Gasteiger partial charge in [-0.2, -0.15) is 18.1 Å². The largest absolute Gasteiger partial charge is 0.474 e. The summed E-state index contributed by atoms with van der Waals surface area (Å²) in [6, 6.07) is 1.38. The third-order valence-corrected chi connectivity index (χ3v) is 5.65. The van der Waals surface area contributed by atoms with Crippen molar-refractivity contribution in [1.82, 2.24) is 19.4 Å². The van der Waals surface area contributed by atoms with Crippen LogP contribution >= 0.6 is 23.2 Å². The molecular weight excluding hydrogens is 405 g/mol. The van der Waals surface area contributed by atoms with Crippen LogP contribution in [0.1, 0.15) is 12.8 Å². The molecule has 2 fully saturated rings. The van der Waals surface area contributed by atoms with Crippen molar-refractivity contribution in [3.05, 3.63) is 11.2 Å². The van der Waals surface area contributed by atoms with Crippen molar-refractivity contribution in [2.45, 2.75) is 25.0 Å². The van der Waals surface area contributed by atoms with Crippen molar-refractivity contribution in [3.63, 3.8) is 0 Å². The van der Waals surface area contributed by atoms with Gasteiger partial charge in [0.05, 0.1) is 13.2 Å². The molecule has 0 spiro atoms. The number of hydrogen-bond acceptors (Lipinski definition) is 7. The Morgan fingerprint density at radius 2 is 2.04 bits per heavy atom. The molecule has 1 aromatic rings. The number of hydrogen-bond donors (Lipinski definition) is 2. The van der Waals surface area contributed by atoms with Crippen LogP contribution in [0.2, 0.25) is 5.15 Å². The number of rotatable bonds is 8. The molecule has 9 nitrogen and oxygen atoms in total. The molecule has 1 aliphatic carbocycles. The third kappa shape index (κ3) is 5.54. The van der Waals surface area contributed by atoms with Gasteiger partial charge in [0.15, 0.2) is 0 Å². The van der Waals surface area contributed by atoms with Crippen LogP contribution in [-0.4, -0.2) is 69.3 Å². The molecular formula is C14H21Cl2N5O4S. The first-order chi connectivity index (χ1) is 12.4. The summed E-state index contributed by atoms with van der Waals surface area (Å²) in [5.41, 5.74) is 0. The summed E-state index contributed by atoms with van der Waals surface area (Å²) in [6.07, 6.45) is 0.978. The maximum atomic E-state index is 11.7. The highest BCUT2D eigenvalue weighted by molar-refractivity contribution is 7.87. The fraction of sp³-hybridized carbons (Fsp3) is 0.714. The lowest BCUT2D eigenvalue weighted by molar-refractivity contribution is 0.0892. The zero-order chi connectivity index (χ0) is 18.6. The number of alkyl halides is 1. The number of morpholine rings is 1. The summed E-state index contributed by atoms with van der Waals surface area (Å²) in [6.45, 7) is 2.82. The molecule has 0 radical (unpaired) electrons. The van der Waals surface area contributed by atoms with Crippen molar-refractivity contribution in [1.29, 1.82) is 0 Å². The lowest BCUT2D eigenvalue weighted by atomic mass is 9.90. The Bertz CT molecular complexity index is 711. The Hall–Kier alpha value is -0.910. The minimum atomic E-state index is -3.53. The van der Waals surface area contributed by atoms with Gasteiger partial charge >= 0.3 is 0 Å². The van der Waals surface area contributed by atoms with Gasteiger partial charge < -0.3 is 14.4 Å². The smallest absolute Gasteiger partial charge is 0.277 e. The highest BCUT2D eigenvalue weighted by Crippen LogP contribution is 2.27. The quantitative estimate of drug-likeness (QED) is 0.462. The van der Waals surface area contributed by atoms with E-state index >= 15 is 0 Å². The topological polar surface area (TPSA) is 106 Å². The first-order valence-corrected chi connectivity index (χ1v) is 10.7. The van der Waals surface area contributed by atoms with Crippen molar-refractivity contribution in [2.24, 2.45) is 0 Å². The molecule has 2 heterocycles. The standard InChI is InChI=1S/C14H21Cl2N5O4S/c15-1-2-17-26(22,23)20-10-7-11(8-10)25-13-9-12(16)18-14(19-13)21-3-5-24-6-4-21/h9-11,17,20H,1-8H2/t10-,11-. The molecule has 0 atom stereocenters. The number of aromatic nitrogens is 2. The maximum Gasteiger partial charge on any atom is 0.277 e. The number of anilines is 1. The lowest BCUT2D eigenvalue weighted by Gasteiger charge is -2.35. The minimum Gasteiger partial charge on any atom is -0.474 e. The Balaban J connectivity index is 1.52. The second-order valence-corrected chi connectivity index (χ2v) is 8.34. The zero-order valence-corrected chi connectivity index (χ0v) is 16.4. The molecule has 1 aliphatic heterocycles. The van der Waals surface area contributed by atoms with Gasteiger partial charge in [0.25, 0.3) is 10.2 Å². The first kappa shape index (κ1) is 19.8. The molecule has 2 aliphatic rings. The van der Waals surface area contributed by atoms with E-state index < -0.39 is 10.2 Å². The maximum absolute atomic E-state index is 11.7. The van der Waals surface area contributed by atoms with Crippen LogP contribution in [0, 0.1) is 0 Å². The van der Waals surface area contributed by atoms with E-state index in [4.69, 9.17) is 32.7 Å². The van der Waals surface area contributed by atoms with Gasteiger partial charge in [0.1, 0.15) is 11.3 Å². The van der Waals surface area contributed by atoms with E-state index in [1.807, 2.05) is 4.90 Å². The van der Waals surface area contributed by atoms with E-state index in [0.29, 0.717) is 56.1 Å². The Labute approximate surface area is 162 Å². The SMILES string of the molecule is O=S(=O)(NCCCl)N[C@H]1C[C@H](Oc2cc(Cl)nc(N3CCOCC3)n2)C1. The molecule has 3 rings (SSSR count). The van der Waals surface area contributed by atoms with Gasteiger partial charge in [-0.05, 0) is 0 Å². The molecule has 26 heavy (non-hydrogen) atoms. The number of nitrogens with zero attached hydrogens (tertiary/aromatic N) is 3. The molecule has 1 aromatic heterocycles. The van der Waals surface area contributed by atoms with Crippen LogP contribution in [0.25, 0.3) is 0 Å². The highest BCUT2D eigenvalue weighted by atomic mass is 35.5. The summed E-state index contributed by atoms with van der Waals surface area (Å²) in [5.74, 6) is 1.12. The predicted molar refractivity (Wildman–Crippen MR) is 98.3 cm³/mol. The summed E-state index contributed by atoms with van der Waals surface area (Å²) in [7, 11) is -3.53. The van der Waals surface area contributed by atoms with E-state index in [-0.39, 0.29) is 24.6 Å². The second kappa shape index (κ2) is 8.85. The van der Waals surface area contributed by atoms with Crippen LogP contribution in [0.5, 0.6) is 5.88 Å². The Morgan fingerprint density at radius 3 is 2.73 bits per heavy atom. The fourth-order valence-electron chi connectivity index (χ4n) is 2.71. The summed E-state index contributed by atoms with van der Waals surface area (Å²) >= 11 is 11.6. The molecule has 12 heteroatoms. The number of halogens is 2. The van der Waals surface area contributed by atoms with Crippen molar-refractivity contribution in [3.8, 4) is 5.88 Å². The van der Waals surface area contributed by atoms with Crippen LogP contribution in [0.4, 0.5) is 5.95 Å². The molecule has 0 amide bonds. The average Bonchev–Trinajstić information content (AvgIpc) is 2.58. The highest BCUT2D eigenvalue weighted by Gasteiger charge is 2.34. The van der Waals surface area contributed by atoms with E-state index in [0.717, 1.165) is 0 Å². The van der Waals surface area contributed by atoms with Crippen LogP contribution in [0.15, 0.2) is 6.07 Å². The molecule has 0 unspecified atom stereocenters. The van der Waals surface area contributed by atoms with Crippen molar-refractivity contribution < 1.29 is 17.9 Å². The van der Waals surface area contributed by atoms with Crippen LogP contribution in [-0.2, 0) is 14.9 Å². The van der Waals surface area contributed by atoms with Crippen LogP contribution < -0.4 is 19.1 Å². The van der Waals surface area contributed by atoms with E-state index in [1.165, 1.54) is 0 Å². The zero-order valence-electron chi connectivity index (χ0n) is 14.0. The van der Waals surface area contributed by atoms with Gasteiger partial charge in [-0.15, -0.1) is 11.6 Å². The molecule has 146 valence electrons. The first-order valence-electron chi connectivity index (χ1n) is 8.32. The average molecular weight is 426 g/mol. The fourth-order valence-corrected chi connectivity index (χ4v) is 4.17. The minimum absolute atomic E-state index is 0.126. The van der Waals surface area contributed by atoms with Gasteiger partial charge in [0.2, 0.25) is 11.8 Å². The summed E-state index contributed by atoms with van der Waals surface area (Å²) < 4.78 is 39.5. The predicted octanol–water partition coefficient (Wildman–Crippen LogP) is 0.539. The van der Waals surface area contributed by atoms with Crippen molar-refractivity contribution >= 4 is 39.4 Å². The lowest BCUT2D eigenvalue weighted by Crippen LogP contribution is -2.52. The second-order valence-electron chi connectivity index (χ2n) is 6.04. The van der Waals surface area contributed by atoms with Gasteiger partial charge in [-0.25, -0.2) is 9.71 Å². The summed E-state index contributed by atoms with van der Waals surface area (Å²) in [5, 5.41) is 0.304. The molecule has 0 aromatic carbocycles. The monoisotopic (exact) mass is 425 g/mol. The molecule has 2 N–H and O–H groups in total. The van der Waals surface area contributed by atoms with Gasteiger partial charge in [-0.1, -0.05) is 11.6 Å².